The lowest BCUT2D eigenvalue weighted by molar-refractivity contribution is -0.0726. The highest BCUT2D eigenvalue weighted by Gasteiger charge is 2.50. The fraction of sp³-hybridized carbons (Fsp3) is 1.00. The largest absolute Gasteiger partial charge is 0.415 e. The molecular weight excluding hydrogens is 533 g/mol. The Bertz CT molecular complexity index is 660. The molecule has 0 saturated carbocycles. The Morgan fingerprint density at radius 3 is 1.72 bits per heavy atom. The van der Waals surface area contributed by atoms with E-state index in [1.54, 1.807) is 0 Å². The Balaban J connectivity index is 5.52. The Morgan fingerprint density at radius 1 is 0.718 bits per heavy atom. The molecule has 39 heavy (non-hydrogen) atoms. The van der Waals surface area contributed by atoms with Crippen LogP contribution in [0.2, 0.25) is 51.4 Å². The lowest BCUT2D eigenvalue weighted by Crippen LogP contribution is -2.63. The van der Waals surface area contributed by atoms with Gasteiger partial charge in [-0.3, -0.25) is 0 Å². The predicted octanol–water partition coefficient (Wildman–Crippen LogP) is 10.3. The van der Waals surface area contributed by atoms with Gasteiger partial charge in [0.2, 0.25) is 8.32 Å². The average molecular weight is 605 g/mol. The van der Waals surface area contributed by atoms with Crippen LogP contribution in [0, 0.1) is 0 Å². The summed E-state index contributed by atoms with van der Waals surface area (Å²) in [6.07, 6.45) is 11.3. The molecule has 7 heteroatoms. The van der Waals surface area contributed by atoms with Gasteiger partial charge >= 0.3 is 0 Å². The van der Waals surface area contributed by atoms with Crippen LogP contribution in [-0.4, -0.2) is 58.6 Å². The van der Waals surface area contributed by atoms with Crippen LogP contribution in [0.4, 0.5) is 0 Å². The predicted molar refractivity (Wildman–Crippen MR) is 181 cm³/mol. The van der Waals surface area contributed by atoms with E-state index < -0.39 is 30.3 Å². The van der Waals surface area contributed by atoms with Crippen molar-refractivity contribution in [3.63, 3.8) is 0 Å². The normalized spacial score (nSPS) is 16.4. The van der Waals surface area contributed by atoms with Crippen LogP contribution in [0.3, 0.4) is 0 Å². The van der Waals surface area contributed by atoms with Gasteiger partial charge in [-0.2, -0.15) is 0 Å². The summed E-state index contributed by atoms with van der Waals surface area (Å²) in [5.41, 5.74) is -0.453. The molecule has 2 unspecified atom stereocenters. The van der Waals surface area contributed by atoms with Crippen molar-refractivity contribution in [1.29, 1.82) is 0 Å². The van der Waals surface area contributed by atoms with Gasteiger partial charge in [0.15, 0.2) is 8.32 Å². The molecule has 0 rings (SSSR count). The van der Waals surface area contributed by atoms with Crippen molar-refractivity contribution in [2.24, 2.45) is 0 Å². The monoisotopic (exact) mass is 604 g/mol. The van der Waals surface area contributed by atoms with Gasteiger partial charge in [0, 0.05) is 5.22 Å². The van der Waals surface area contributed by atoms with E-state index in [2.05, 4.69) is 94.7 Å². The summed E-state index contributed by atoms with van der Waals surface area (Å²) >= 11 is 0. The molecule has 0 aromatic rings. The molecule has 4 nitrogen and oxygen atoms in total. The first kappa shape index (κ1) is 39.5. The number of hydrogen-bond acceptors (Lipinski definition) is 4. The SMILES string of the molecule is CCCC[Si](C)(C)OC(CC)[Si](C)(C)OC(CC)(CC)[Si](C)(C)CCCC(C)(CC)OCCC(O)(CC)CC. The van der Waals surface area contributed by atoms with Crippen molar-refractivity contribution in [3.05, 3.63) is 0 Å². The van der Waals surface area contributed by atoms with Gasteiger partial charge in [-0.25, -0.2) is 0 Å². The van der Waals surface area contributed by atoms with Crippen LogP contribution in [-0.2, 0) is 13.6 Å². The quantitative estimate of drug-likeness (QED) is 0.118. The summed E-state index contributed by atoms with van der Waals surface area (Å²) in [7, 11) is -5.54. The number of hydrogen-bond donors (Lipinski definition) is 1. The molecule has 0 amide bonds. The molecule has 0 spiro atoms. The van der Waals surface area contributed by atoms with Gasteiger partial charge in [0.05, 0.1) is 31.6 Å². The van der Waals surface area contributed by atoms with E-state index in [0.29, 0.717) is 6.61 Å². The second-order valence-electron chi connectivity index (χ2n) is 14.4. The zero-order valence-electron chi connectivity index (χ0n) is 29.1. The lowest BCUT2D eigenvalue weighted by atomic mass is 9.93. The van der Waals surface area contributed by atoms with E-state index in [4.69, 9.17) is 13.6 Å². The molecule has 236 valence electrons. The molecule has 2 atom stereocenters. The molecule has 0 aliphatic heterocycles. The maximum absolute atomic E-state index is 10.7. The highest BCUT2D eigenvalue weighted by Crippen LogP contribution is 2.41. The second-order valence-corrected chi connectivity index (χ2v) is 27.8. The summed E-state index contributed by atoms with van der Waals surface area (Å²) < 4.78 is 20.9. The van der Waals surface area contributed by atoms with Crippen molar-refractivity contribution >= 4 is 24.7 Å². The number of unbranched alkanes of at least 4 members (excludes halogenated alkanes) is 1. The zero-order valence-corrected chi connectivity index (χ0v) is 32.1. The first-order chi connectivity index (χ1) is 17.9. The molecule has 0 bridgehead atoms. The Labute approximate surface area is 249 Å². The van der Waals surface area contributed by atoms with Crippen molar-refractivity contribution in [3.8, 4) is 0 Å². The van der Waals surface area contributed by atoms with Crippen LogP contribution in [0.5, 0.6) is 0 Å². The van der Waals surface area contributed by atoms with E-state index in [0.717, 1.165) is 51.4 Å². The second kappa shape index (κ2) is 17.0. The third-order valence-corrected chi connectivity index (χ3v) is 21.0. The number of ether oxygens (including phenoxy) is 1. The molecular formula is C32H72O4Si3. The molecule has 0 saturated heterocycles. The molecule has 0 radical (unpaired) electrons. The Kier molecular flexibility index (Phi) is 17.2. The maximum Gasteiger partial charge on any atom is 0.214 e. The molecule has 0 aliphatic carbocycles. The summed E-state index contributed by atoms with van der Waals surface area (Å²) in [5, 5.41) is 10.7. The number of rotatable bonds is 23. The van der Waals surface area contributed by atoms with Crippen LogP contribution >= 0.6 is 0 Å². The minimum Gasteiger partial charge on any atom is -0.415 e. The Morgan fingerprint density at radius 2 is 1.28 bits per heavy atom. The lowest BCUT2D eigenvalue weighted by Gasteiger charge is -2.51. The van der Waals surface area contributed by atoms with Gasteiger partial charge in [0.1, 0.15) is 0 Å². The van der Waals surface area contributed by atoms with E-state index in [1.807, 2.05) is 0 Å². The summed E-state index contributed by atoms with van der Waals surface area (Å²) in [6.45, 7) is 33.3. The van der Waals surface area contributed by atoms with E-state index >= 15 is 0 Å². The van der Waals surface area contributed by atoms with Gasteiger partial charge in [-0.15, -0.1) is 0 Å². The molecule has 0 aromatic carbocycles. The van der Waals surface area contributed by atoms with Crippen LogP contribution in [0.15, 0.2) is 0 Å². The minimum absolute atomic E-state index is 0.0170. The molecule has 0 aromatic heterocycles. The summed E-state index contributed by atoms with van der Waals surface area (Å²) in [4.78, 5) is 0. The smallest absolute Gasteiger partial charge is 0.214 e. The van der Waals surface area contributed by atoms with Gasteiger partial charge in [0.25, 0.3) is 0 Å². The van der Waals surface area contributed by atoms with Crippen LogP contribution in [0.25, 0.3) is 0 Å². The Hall–Kier alpha value is 0.491. The fourth-order valence-corrected chi connectivity index (χ4v) is 18.5. The minimum atomic E-state index is -2.10. The van der Waals surface area contributed by atoms with Crippen molar-refractivity contribution in [1.82, 2.24) is 0 Å². The third-order valence-electron chi connectivity index (χ3n) is 10.2. The number of aliphatic hydroxyl groups is 1. The maximum atomic E-state index is 10.7. The molecule has 0 fully saturated rings. The summed E-state index contributed by atoms with van der Waals surface area (Å²) in [5.74, 6) is 0. The molecule has 0 heterocycles. The highest BCUT2D eigenvalue weighted by molar-refractivity contribution is 6.82. The van der Waals surface area contributed by atoms with Crippen LogP contribution < -0.4 is 0 Å². The third kappa shape index (κ3) is 12.3. The van der Waals surface area contributed by atoms with Gasteiger partial charge in [-0.1, -0.05) is 86.9 Å². The van der Waals surface area contributed by atoms with Crippen molar-refractivity contribution in [2.45, 2.75) is 200 Å². The van der Waals surface area contributed by atoms with Crippen LogP contribution in [0.1, 0.15) is 126 Å². The average Bonchev–Trinajstić information content (AvgIpc) is 2.88. The first-order valence-electron chi connectivity index (χ1n) is 16.6. The topological polar surface area (TPSA) is 47.9 Å². The molecule has 1 N–H and O–H groups in total. The van der Waals surface area contributed by atoms with Gasteiger partial charge < -0.3 is 18.7 Å². The standard InChI is InChI=1S/C32H72O4Si3/c1-15-22-28-38(11,12)35-29(16-2)39(13,14)36-32(20-6,21-7)37(9,10)27-23-24-30(8,17-3)34-26-25-31(33,18-4)19-5/h29,33H,15-28H2,1-14H3. The first-order valence-corrected chi connectivity index (χ1v) is 26.0. The summed E-state index contributed by atoms with van der Waals surface area (Å²) in [6, 6.07) is 2.49. The van der Waals surface area contributed by atoms with Gasteiger partial charge in [-0.05, 0) is 90.5 Å². The van der Waals surface area contributed by atoms with Crippen molar-refractivity contribution in [2.75, 3.05) is 6.61 Å². The van der Waals surface area contributed by atoms with Crippen molar-refractivity contribution < 1.29 is 18.7 Å². The van der Waals surface area contributed by atoms with E-state index in [9.17, 15) is 5.11 Å². The molecule has 0 aliphatic rings. The fourth-order valence-electron chi connectivity index (χ4n) is 6.40. The van der Waals surface area contributed by atoms with E-state index in [-0.39, 0.29) is 16.6 Å². The zero-order chi connectivity index (χ0) is 30.6. The van der Waals surface area contributed by atoms with E-state index in [1.165, 1.54) is 31.4 Å². The highest BCUT2D eigenvalue weighted by atomic mass is 28.4.